The quantitative estimate of drug-likeness (QED) is 0.724. The van der Waals surface area contributed by atoms with E-state index in [1.54, 1.807) is 0 Å². The average Bonchev–Trinajstić information content (AvgIpc) is 2.33. The minimum Gasteiger partial charge on any atom is -0.0843 e. The molecular formula is C15H16ClS+. The molecule has 0 aliphatic heterocycles. The topological polar surface area (TPSA) is 0 Å². The monoisotopic (exact) mass is 263 g/mol. The van der Waals surface area contributed by atoms with Crippen LogP contribution >= 0.6 is 11.6 Å². The van der Waals surface area contributed by atoms with Crippen LogP contribution in [0.3, 0.4) is 0 Å². The minimum absolute atomic E-state index is 0.295. The summed E-state index contributed by atoms with van der Waals surface area (Å²) in [5, 5.41) is 1.26. The zero-order valence-electron chi connectivity index (χ0n) is 10.1. The van der Waals surface area contributed by atoms with Gasteiger partial charge in [-0.1, -0.05) is 54.1 Å². The van der Waals surface area contributed by atoms with Crippen LogP contribution in [0.25, 0.3) is 0 Å². The van der Waals surface area contributed by atoms with Crippen LogP contribution in [0.5, 0.6) is 0 Å². The molecule has 0 radical (unpaired) electrons. The second-order valence-electron chi connectivity index (χ2n) is 4.22. The summed E-state index contributed by atoms with van der Waals surface area (Å²) in [5.41, 5.74) is 2.72. The molecule has 2 heteroatoms. The molecule has 0 bridgehead atoms. The van der Waals surface area contributed by atoms with Crippen molar-refractivity contribution in [1.29, 1.82) is 0 Å². The molecule has 0 nitrogen and oxygen atoms in total. The lowest BCUT2D eigenvalue weighted by Crippen LogP contribution is -2.11. The van der Waals surface area contributed by atoms with Gasteiger partial charge in [0.05, 0.1) is 12.5 Å². The Hall–Kier alpha value is -0.920. The highest BCUT2D eigenvalue weighted by atomic mass is 35.5. The van der Waals surface area contributed by atoms with Gasteiger partial charge in [-0.15, -0.1) is 0 Å². The van der Waals surface area contributed by atoms with Crippen LogP contribution in [0.2, 0.25) is 5.02 Å². The van der Waals surface area contributed by atoms with Crippen LogP contribution in [0, 0.1) is 0 Å². The lowest BCUT2D eigenvalue weighted by molar-refractivity contribution is 1.15. The standard InChI is InChI=1S/C15H16ClS/c1-17(2)15(12-6-4-3-5-7-12)13-8-10-14(16)11-9-13/h3-11,15H,1-2H3/q+1. The molecule has 0 amide bonds. The zero-order chi connectivity index (χ0) is 12.3. The lowest BCUT2D eigenvalue weighted by atomic mass is 10.0. The smallest absolute Gasteiger partial charge is 0.0843 e. The third-order valence-corrected chi connectivity index (χ3v) is 4.49. The molecular weight excluding hydrogens is 248 g/mol. The van der Waals surface area contributed by atoms with Gasteiger partial charge in [0.1, 0.15) is 0 Å². The van der Waals surface area contributed by atoms with E-state index in [-0.39, 0.29) is 0 Å². The van der Waals surface area contributed by atoms with Crippen molar-refractivity contribution in [2.45, 2.75) is 5.25 Å². The van der Waals surface area contributed by atoms with E-state index in [4.69, 9.17) is 11.6 Å². The van der Waals surface area contributed by atoms with Crippen molar-refractivity contribution < 1.29 is 0 Å². The maximum atomic E-state index is 5.94. The highest BCUT2D eigenvalue weighted by Crippen LogP contribution is 2.30. The molecule has 0 spiro atoms. The maximum absolute atomic E-state index is 5.94. The number of benzene rings is 2. The average molecular weight is 264 g/mol. The summed E-state index contributed by atoms with van der Waals surface area (Å²) in [6.07, 6.45) is 4.57. The van der Waals surface area contributed by atoms with Gasteiger partial charge in [0.2, 0.25) is 0 Å². The summed E-state index contributed by atoms with van der Waals surface area (Å²) in [7, 11) is 0.295. The van der Waals surface area contributed by atoms with Crippen LogP contribution in [0.4, 0.5) is 0 Å². The third kappa shape index (κ3) is 3.05. The molecule has 2 aromatic carbocycles. The molecule has 0 aliphatic carbocycles. The summed E-state index contributed by atoms with van der Waals surface area (Å²) < 4.78 is 0. The summed E-state index contributed by atoms with van der Waals surface area (Å²) >= 11 is 5.94. The Balaban J connectivity index is 2.39. The summed E-state index contributed by atoms with van der Waals surface area (Å²) in [5.74, 6) is 0. The third-order valence-electron chi connectivity index (χ3n) is 2.75. The molecule has 0 N–H and O–H groups in total. The Morgan fingerprint density at radius 2 is 1.35 bits per heavy atom. The first kappa shape index (κ1) is 12.5. The summed E-state index contributed by atoms with van der Waals surface area (Å²) in [6, 6.07) is 18.9. The summed E-state index contributed by atoms with van der Waals surface area (Å²) in [6.45, 7) is 0. The van der Waals surface area contributed by atoms with Crippen LogP contribution in [-0.2, 0) is 10.9 Å². The highest BCUT2D eigenvalue weighted by molar-refractivity contribution is 7.95. The summed E-state index contributed by atoms with van der Waals surface area (Å²) in [4.78, 5) is 0. The first-order chi connectivity index (χ1) is 8.18. The molecule has 2 aromatic rings. The van der Waals surface area contributed by atoms with Gasteiger partial charge < -0.3 is 0 Å². The second-order valence-corrected chi connectivity index (χ2v) is 6.89. The van der Waals surface area contributed by atoms with E-state index in [0.717, 1.165) is 5.02 Å². The molecule has 2 rings (SSSR count). The van der Waals surface area contributed by atoms with E-state index in [9.17, 15) is 0 Å². The Morgan fingerprint density at radius 3 is 1.88 bits per heavy atom. The van der Waals surface area contributed by atoms with Gasteiger partial charge in [0.15, 0.2) is 5.25 Å². The fourth-order valence-electron chi connectivity index (χ4n) is 2.00. The van der Waals surface area contributed by atoms with E-state index >= 15 is 0 Å². The van der Waals surface area contributed by atoms with Gasteiger partial charge in [-0.2, -0.15) is 0 Å². The van der Waals surface area contributed by atoms with Gasteiger partial charge >= 0.3 is 0 Å². The van der Waals surface area contributed by atoms with Crippen molar-refractivity contribution in [2.24, 2.45) is 0 Å². The van der Waals surface area contributed by atoms with E-state index in [1.807, 2.05) is 12.1 Å². The van der Waals surface area contributed by atoms with Crippen LogP contribution in [-0.4, -0.2) is 12.5 Å². The minimum atomic E-state index is 0.295. The molecule has 0 saturated heterocycles. The van der Waals surface area contributed by atoms with Gasteiger partial charge in [0.25, 0.3) is 0 Å². The Kier molecular flexibility index (Phi) is 4.14. The van der Waals surface area contributed by atoms with Crippen molar-refractivity contribution in [3.8, 4) is 0 Å². The van der Waals surface area contributed by atoms with Gasteiger partial charge in [-0.3, -0.25) is 0 Å². The van der Waals surface area contributed by atoms with Crippen molar-refractivity contribution >= 4 is 22.5 Å². The molecule has 88 valence electrons. The normalized spacial score (nSPS) is 12.7. The Labute approximate surface area is 111 Å². The number of halogens is 1. The molecule has 0 aromatic heterocycles. The van der Waals surface area contributed by atoms with Crippen LogP contribution in [0.15, 0.2) is 54.6 Å². The first-order valence-corrected chi connectivity index (χ1v) is 8.03. The molecule has 0 heterocycles. The predicted molar refractivity (Wildman–Crippen MR) is 79.0 cm³/mol. The van der Waals surface area contributed by atoms with Crippen molar-refractivity contribution in [3.63, 3.8) is 0 Å². The number of rotatable bonds is 3. The van der Waals surface area contributed by atoms with Gasteiger partial charge in [-0.25, -0.2) is 0 Å². The number of hydrogen-bond acceptors (Lipinski definition) is 0. The molecule has 1 atom stereocenters. The predicted octanol–water partition coefficient (Wildman–Crippen LogP) is 4.31. The Bertz CT molecular complexity index is 462. The van der Waals surface area contributed by atoms with Gasteiger partial charge in [-0.05, 0) is 23.0 Å². The van der Waals surface area contributed by atoms with E-state index in [2.05, 4.69) is 55.0 Å². The first-order valence-electron chi connectivity index (χ1n) is 5.55. The molecule has 1 unspecified atom stereocenters. The maximum Gasteiger partial charge on any atom is 0.167 e. The highest BCUT2D eigenvalue weighted by Gasteiger charge is 2.25. The number of hydrogen-bond donors (Lipinski definition) is 0. The van der Waals surface area contributed by atoms with Crippen molar-refractivity contribution in [2.75, 3.05) is 12.5 Å². The van der Waals surface area contributed by atoms with E-state index in [0.29, 0.717) is 16.1 Å². The molecule has 0 aliphatic rings. The fraction of sp³-hybridized carbons (Fsp3) is 0.200. The zero-order valence-corrected chi connectivity index (χ0v) is 11.6. The van der Waals surface area contributed by atoms with Crippen LogP contribution < -0.4 is 0 Å². The Morgan fingerprint density at radius 1 is 0.824 bits per heavy atom. The lowest BCUT2D eigenvalue weighted by Gasteiger charge is -2.14. The molecule has 0 saturated carbocycles. The van der Waals surface area contributed by atoms with Crippen LogP contribution in [0.1, 0.15) is 16.4 Å². The van der Waals surface area contributed by atoms with E-state index in [1.165, 1.54) is 11.1 Å². The van der Waals surface area contributed by atoms with Gasteiger partial charge in [0, 0.05) is 16.1 Å². The molecule has 0 fully saturated rings. The van der Waals surface area contributed by atoms with Crippen molar-refractivity contribution in [1.82, 2.24) is 0 Å². The second kappa shape index (κ2) is 5.61. The largest absolute Gasteiger partial charge is 0.167 e. The van der Waals surface area contributed by atoms with E-state index < -0.39 is 0 Å². The molecule has 17 heavy (non-hydrogen) atoms. The fourth-order valence-corrected chi connectivity index (χ4v) is 3.53. The SMILES string of the molecule is C[S+](C)C(c1ccccc1)c1ccc(Cl)cc1. The van der Waals surface area contributed by atoms with Crippen molar-refractivity contribution in [3.05, 3.63) is 70.7 Å².